The normalized spacial score (nSPS) is 18.0. The molecule has 0 N–H and O–H groups in total. The van der Waals surface area contributed by atoms with Gasteiger partial charge < -0.3 is 9.64 Å². The van der Waals surface area contributed by atoms with Crippen LogP contribution in [0.25, 0.3) is 5.65 Å². The predicted octanol–water partition coefficient (Wildman–Crippen LogP) is 3.44. The Morgan fingerprint density at radius 2 is 2.07 bits per heavy atom. The number of rotatable bonds is 4. The number of ether oxygens (including phenoxy) is 1. The highest BCUT2D eigenvalue weighted by Gasteiger charge is 2.32. The Morgan fingerprint density at radius 1 is 1.19 bits per heavy atom. The Labute approximate surface area is 153 Å². The molecule has 1 fully saturated rings. The number of hydrogen-bond donors (Lipinski definition) is 0. The van der Waals surface area contributed by atoms with Gasteiger partial charge in [0.05, 0.1) is 12.8 Å². The fourth-order valence-electron chi connectivity index (χ4n) is 3.26. The van der Waals surface area contributed by atoms with Gasteiger partial charge in [-0.1, -0.05) is 0 Å². The molecule has 9 heteroatoms. The highest BCUT2D eigenvalue weighted by Crippen LogP contribution is 2.30. The Bertz CT molecular complexity index is 927. The molecule has 1 saturated heterocycles. The molecule has 0 bridgehead atoms. The molecule has 4 heterocycles. The summed E-state index contributed by atoms with van der Waals surface area (Å²) in [5.74, 6) is 1.27. The van der Waals surface area contributed by atoms with E-state index in [4.69, 9.17) is 4.74 Å². The summed E-state index contributed by atoms with van der Waals surface area (Å²) in [7, 11) is 0. The lowest BCUT2D eigenvalue weighted by Gasteiger charge is -2.33. The average molecular weight is 377 g/mol. The van der Waals surface area contributed by atoms with Crippen molar-refractivity contribution in [2.24, 2.45) is 5.92 Å². The van der Waals surface area contributed by atoms with Crippen LogP contribution in [0, 0.1) is 5.92 Å². The molecule has 1 atom stereocenters. The van der Waals surface area contributed by atoms with Gasteiger partial charge in [-0.2, -0.15) is 18.3 Å². The van der Waals surface area contributed by atoms with Gasteiger partial charge in [-0.25, -0.2) is 9.50 Å². The summed E-state index contributed by atoms with van der Waals surface area (Å²) in [6.07, 6.45) is 2.15. The van der Waals surface area contributed by atoms with E-state index in [0.29, 0.717) is 6.61 Å². The molecule has 0 aliphatic carbocycles. The van der Waals surface area contributed by atoms with Crippen molar-refractivity contribution < 1.29 is 17.9 Å². The van der Waals surface area contributed by atoms with Crippen LogP contribution < -0.4 is 9.64 Å². The van der Waals surface area contributed by atoms with Crippen molar-refractivity contribution in [2.45, 2.75) is 19.0 Å². The standard InChI is InChI=1S/C18H18F3N5O/c19-18(20,21)15-10-14(3-6-22-15)27-12-13-2-1-8-25(11-13)16-5-9-26-17(24-16)4-7-23-26/h3-7,9-10,13H,1-2,8,11-12H2. The van der Waals surface area contributed by atoms with Gasteiger partial charge >= 0.3 is 6.18 Å². The van der Waals surface area contributed by atoms with Crippen LogP contribution >= 0.6 is 0 Å². The summed E-state index contributed by atoms with van der Waals surface area (Å²) in [5, 5.41) is 4.14. The average Bonchev–Trinajstić information content (AvgIpc) is 3.14. The van der Waals surface area contributed by atoms with E-state index in [1.165, 1.54) is 6.07 Å². The Hall–Kier alpha value is -2.84. The summed E-state index contributed by atoms with van der Waals surface area (Å²) in [4.78, 5) is 10.1. The molecule has 0 spiro atoms. The van der Waals surface area contributed by atoms with Gasteiger partial charge in [-0.15, -0.1) is 0 Å². The van der Waals surface area contributed by atoms with Crippen LogP contribution in [0.4, 0.5) is 19.0 Å². The maximum Gasteiger partial charge on any atom is 0.433 e. The minimum atomic E-state index is -4.47. The molecular weight excluding hydrogens is 359 g/mol. The van der Waals surface area contributed by atoms with Crippen molar-refractivity contribution in [1.29, 1.82) is 0 Å². The molecule has 3 aromatic rings. The van der Waals surface area contributed by atoms with Gasteiger partial charge in [0.15, 0.2) is 5.65 Å². The third kappa shape index (κ3) is 3.96. The van der Waals surface area contributed by atoms with E-state index in [1.54, 1.807) is 10.7 Å². The Morgan fingerprint density at radius 3 is 2.93 bits per heavy atom. The van der Waals surface area contributed by atoms with Gasteiger partial charge in [-0.3, -0.25) is 4.98 Å². The molecule has 1 aliphatic heterocycles. The minimum absolute atomic E-state index is 0.188. The zero-order chi connectivity index (χ0) is 18.9. The third-order valence-electron chi connectivity index (χ3n) is 4.59. The molecule has 3 aromatic heterocycles. The first kappa shape index (κ1) is 17.6. The number of piperidine rings is 1. The van der Waals surface area contributed by atoms with Crippen molar-refractivity contribution in [3.63, 3.8) is 0 Å². The van der Waals surface area contributed by atoms with Crippen LogP contribution in [-0.4, -0.2) is 39.3 Å². The second-order valence-electron chi connectivity index (χ2n) is 6.56. The zero-order valence-corrected chi connectivity index (χ0v) is 14.4. The zero-order valence-electron chi connectivity index (χ0n) is 14.4. The van der Waals surface area contributed by atoms with E-state index in [0.717, 1.165) is 49.7 Å². The predicted molar refractivity (Wildman–Crippen MR) is 92.7 cm³/mol. The molecule has 27 heavy (non-hydrogen) atoms. The molecule has 1 aliphatic rings. The van der Waals surface area contributed by atoms with Gasteiger partial charge in [0, 0.05) is 43.5 Å². The molecule has 0 radical (unpaired) electrons. The van der Waals surface area contributed by atoms with E-state index in [2.05, 4.69) is 20.0 Å². The van der Waals surface area contributed by atoms with Crippen molar-refractivity contribution in [2.75, 3.05) is 24.6 Å². The van der Waals surface area contributed by atoms with Gasteiger partial charge in [-0.05, 0) is 25.0 Å². The van der Waals surface area contributed by atoms with E-state index in [-0.39, 0.29) is 11.7 Å². The first-order valence-electron chi connectivity index (χ1n) is 8.70. The van der Waals surface area contributed by atoms with Crippen LogP contribution in [0.2, 0.25) is 0 Å². The summed E-state index contributed by atoms with van der Waals surface area (Å²) in [5.41, 5.74) is -0.161. The minimum Gasteiger partial charge on any atom is -0.493 e. The summed E-state index contributed by atoms with van der Waals surface area (Å²) < 4.78 is 45.6. The molecular formula is C18H18F3N5O. The van der Waals surface area contributed by atoms with E-state index < -0.39 is 11.9 Å². The fraction of sp³-hybridized carbons (Fsp3) is 0.389. The number of nitrogens with zero attached hydrogens (tertiary/aromatic N) is 5. The second kappa shape index (κ2) is 7.05. The lowest BCUT2D eigenvalue weighted by Crippen LogP contribution is -2.38. The first-order chi connectivity index (χ1) is 13.0. The lowest BCUT2D eigenvalue weighted by molar-refractivity contribution is -0.141. The van der Waals surface area contributed by atoms with Crippen molar-refractivity contribution in [3.8, 4) is 5.75 Å². The monoisotopic (exact) mass is 377 g/mol. The molecule has 0 saturated carbocycles. The van der Waals surface area contributed by atoms with Crippen LogP contribution in [0.3, 0.4) is 0 Å². The quantitative estimate of drug-likeness (QED) is 0.697. The molecule has 1 unspecified atom stereocenters. The van der Waals surface area contributed by atoms with E-state index >= 15 is 0 Å². The number of aromatic nitrogens is 4. The maximum atomic E-state index is 12.8. The van der Waals surface area contributed by atoms with Crippen LogP contribution in [0.15, 0.2) is 42.9 Å². The third-order valence-corrected chi connectivity index (χ3v) is 4.59. The summed E-state index contributed by atoms with van der Waals surface area (Å²) in [6, 6.07) is 6.15. The van der Waals surface area contributed by atoms with Crippen molar-refractivity contribution >= 4 is 11.5 Å². The topological polar surface area (TPSA) is 55.6 Å². The Balaban J connectivity index is 1.40. The first-order valence-corrected chi connectivity index (χ1v) is 8.70. The molecule has 142 valence electrons. The van der Waals surface area contributed by atoms with E-state index in [9.17, 15) is 13.2 Å². The summed E-state index contributed by atoms with van der Waals surface area (Å²) in [6.45, 7) is 1.99. The smallest absolute Gasteiger partial charge is 0.433 e. The van der Waals surface area contributed by atoms with Crippen molar-refractivity contribution in [1.82, 2.24) is 19.6 Å². The maximum absolute atomic E-state index is 12.8. The number of anilines is 1. The van der Waals surface area contributed by atoms with Gasteiger partial charge in [0.2, 0.25) is 0 Å². The SMILES string of the molecule is FC(F)(F)c1cc(OCC2CCCN(c3ccn4nccc4n3)C2)ccn1. The van der Waals surface area contributed by atoms with Gasteiger partial charge in [0.25, 0.3) is 0 Å². The highest BCUT2D eigenvalue weighted by atomic mass is 19.4. The highest BCUT2D eigenvalue weighted by molar-refractivity contribution is 5.47. The molecule has 0 amide bonds. The molecule has 4 rings (SSSR count). The van der Waals surface area contributed by atoms with Crippen LogP contribution in [0.5, 0.6) is 5.75 Å². The van der Waals surface area contributed by atoms with E-state index in [1.807, 2.05) is 18.3 Å². The molecule has 0 aromatic carbocycles. The number of hydrogen-bond acceptors (Lipinski definition) is 5. The number of fused-ring (bicyclic) bond motifs is 1. The molecule has 6 nitrogen and oxygen atoms in total. The second-order valence-corrected chi connectivity index (χ2v) is 6.56. The lowest BCUT2D eigenvalue weighted by atomic mass is 9.99. The Kier molecular flexibility index (Phi) is 4.59. The van der Waals surface area contributed by atoms with Crippen LogP contribution in [0.1, 0.15) is 18.5 Å². The van der Waals surface area contributed by atoms with Crippen molar-refractivity contribution in [3.05, 3.63) is 48.5 Å². The number of halogens is 3. The largest absolute Gasteiger partial charge is 0.493 e. The van der Waals surface area contributed by atoms with Gasteiger partial charge in [0.1, 0.15) is 17.3 Å². The van der Waals surface area contributed by atoms with Crippen LogP contribution in [-0.2, 0) is 6.18 Å². The number of alkyl halides is 3. The summed E-state index contributed by atoms with van der Waals surface area (Å²) >= 11 is 0. The number of pyridine rings is 1. The fourth-order valence-corrected chi connectivity index (χ4v) is 3.26.